The lowest BCUT2D eigenvalue weighted by Gasteiger charge is -2.27. The lowest BCUT2D eigenvalue weighted by Crippen LogP contribution is -2.33. The van der Waals surface area contributed by atoms with Gasteiger partial charge in [0.15, 0.2) is 0 Å². The van der Waals surface area contributed by atoms with Crippen molar-refractivity contribution in [2.75, 3.05) is 20.1 Å². The fraction of sp³-hybridized carbons (Fsp3) is 0.737. The van der Waals surface area contributed by atoms with Gasteiger partial charge in [0.1, 0.15) is 0 Å². The van der Waals surface area contributed by atoms with Gasteiger partial charge in [-0.05, 0) is 46.1 Å². The Balaban J connectivity index is 0.000000324. The summed E-state index contributed by atoms with van der Waals surface area (Å²) in [5.41, 5.74) is 4.11. The molecule has 0 saturated heterocycles. The molecule has 0 aromatic carbocycles. The maximum absolute atomic E-state index is 10.6. The molecule has 1 fully saturated rings. The molecular formula is C19H28F6N4O4. The smallest absolute Gasteiger partial charge is 0.475 e. The number of nitrogens with zero attached hydrogens (tertiary/aromatic N) is 3. The third-order valence-electron chi connectivity index (χ3n) is 5.08. The quantitative estimate of drug-likeness (QED) is 0.544. The first kappa shape index (κ1) is 28.7. The number of alkyl halides is 6. The van der Waals surface area contributed by atoms with E-state index in [9.17, 15) is 26.3 Å². The van der Waals surface area contributed by atoms with E-state index in [1.54, 1.807) is 0 Å². The number of fused-ring (bicyclic) bond motifs is 1. The summed E-state index contributed by atoms with van der Waals surface area (Å²) in [5, 5.41) is 22.1. The minimum Gasteiger partial charge on any atom is -0.475 e. The van der Waals surface area contributed by atoms with Crippen molar-refractivity contribution in [1.82, 2.24) is 20.0 Å². The topological polar surface area (TPSA) is 110 Å². The number of rotatable bonds is 5. The molecule has 2 aliphatic rings. The predicted molar refractivity (Wildman–Crippen MR) is 104 cm³/mol. The highest BCUT2D eigenvalue weighted by molar-refractivity contribution is 5.73. The second kappa shape index (κ2) is 11.7. The standard InChI is InChI=1S/C15H26N4.2C2HF3O2/c1-11(2)18(3)9-14-13-6-7-19(8-12-4-5-12)10-15(13)17-16-14;2*3-2(4,5)1(6)7/h11-12H,4-10H2,1-3H3,(H,16,17);2*(H,6,7). The highest BCUT2D eigenvalue weighted by atomic mass is 19.4. The Bertz CT molecular complexity index is 766. The van der Waals surface area contributed by atoms with E-state index in [4.69, 9.17) is 19.8 Å². The highest BCUT2D eigenvalue weighted by Crippen LogP contribution is 2.31. The molecule has 3 rings (SSSR count). The molecule has 190 valence electrons. The maximum atomic E-state index is 10.6. The molecule has 0 bridgehead atoms. The van der Waals surface area contributed by atoms with Crippen LogP contribution >= 0.6 is 0 Å². The molecule has 14 heteroatoms. The Morgan fingerprint density at radius 2 is 1.61 bits per heavy atom. The molecule has 1 aliphatic heterocycles. The highest BCUT2D eigenvalue weighted by Gasteiger charge is 2.38. The second-order valence-corrected chi connectivity index (χ2v) is 8.17. The molecule has 8 nitrogen and oxygen atoms in total. The van der Waals surface area contributed by atoms with Crippen LogP contribution in [0.5, 0.6) is 0 Å². The molecule has 0 atom stereocenters. The van der Waals surface area contributed by atoms with E-state index in [-0.39, 0.29) is 0 Å². The van der Waals surface area contributed by atoms with Crippen molar-refractivity contribution >= 4 is 11.9 Å². The Morgan fingerprint density at radius 1 is 1.12 bits per heavy atom. The Kier molecular flexibility index (Phi) is 10.2. The van der Waals surface area contributed by atoms with Crippen molar-refractivity contribution in [3.63, 3.8) is 0 Å². The number of H-pyrrole nitrogens is 1. The number of halogens is 6. The minimum absolute atomic E-state index is 0.572. The lowest BCUT2D eigenvalue weighted by atomic mass is 10.0. The van der Waals surface area contributed by atoms with Crippen LogP contribution in [-0.4, -0.2) is 80.7 Å². The van der Waals surface area contributed by atoms with E-state index in [1.807, 2.05) is 0 Å². The van der Waals surface area contributed by atoms with Gasteiger partial charge in [0.05, 0.1) is 11.4 Å². The molecule has 1 saturated carbocycles. The zero-order valence-electron chi connectivity index (χ0n) is 18.4. The van der Waals surface area contributed by atoms with Crippen LogP contribution < -0.4 is 0 Å². The third kappa shape index (κ3) is 10.4. The van der Waals surface area contributed by atoms with Crippen LogP contribution in [0.1, 0.15) is 43.6 Å². The Morgan fingerprint density at radius 3 is 2.00 bits per heavy atom. The van der Waals surface area contributed by atoms with Crippen LogP contribution in [0.3, 0.4) is 0 Å². The first-order valence-corrected chi connectivity index (χ1v) is 10.1. The first-order chi connectivity index (χ1) is 15.0. The third-order valence-corrected chi connectivity index (χ3v) is 5.08. The Labute approximate surface area is 186 Å². The van der Waals surface area contributed by atoms with Gasteiger partial charge in [0.25, 0.3) is 0 Å². The van der Waals surface area contributed by atoms with Crippen LogP contribution in [0, 0.1) is 5.92 Å². The number of hydrogen-bond acceptors (Lipinski definition) is 5. The normalized spacial score (nSPS) is 16.5. The fourth-order valence-electron chi connectivity index (χ4n) is 2.81. The van der Waals surface area contributed by atoms with Gasteiger partial charge < -0.3 is 10.2 Å². The van der Waals surface area contributed by atoms with Crippen molar-refractivity contribution in [3.8, 4) is 0 Å². The average Bonchev–Trinajstić information content (AvgIpc) is 3.40. The molecule has 0 spiro atoms. The SMILES string of the molecule is CC(C)N(C)Cc1n[nH]c2c1CCN(CC1CC1)C2.O=C(O)C(F)(F)F.O=C(O)C(F)(F)F. The summed E-state index contributed by atoms with van der Waals surface area (Å²) in [4.78, 5) is 22.7. The summed E-state index contributed by atoms with van der Waals surface area (Å²) in [6, 6.07) is 0.572. The van der Waals surface area contributed by atoms with Crippen LogP contribution in [0.25, 0.3) is 0 Å². The van der Waals surface area contributed by atoms with Gasteiger partial charge in [-0.25, -0.2) is 9.59 Å². The van der Waals surface area contributed by atoms with E-state index < -0.39 is 24.3 Å². The summed E-state index contributed by atoms with van der Waals surface area (Å²) < 4.78 is 63.5. The zero-order chi connectivity index (χ0) is 25.6. The van der Waals surface area contributed by atoms with Gasteiger partial charge in [0.2, 0.25) is 0 Å². The molecular weight excluding hydrogens is 462 g/mol. The van der Waals surface area contributed by atoms with Gasteiger partial charge in [-0.15, -0.1) is 0 Å². The first-order valence-electron chi connectivity index (χ1n) is 10.1. The average molecular weight is 490 g/mol. The molecule has 1 aromatic rings. The molecule has 0 amide bonds. The number of aliphatic carboxylic acids is 2. The summed E-state index contributed by atoms with van der Waals surface area (Å²) in [6.07, 6.45) is -6.12. The van der Waals surface area contributed by atoms with Crippen molar-refractivity contribution < 1.29 is 46.1 Å². The minimum atomic E-state index is -5.08. The van der Waals surface area contributed by atoms with Crippen LogP contribution in [0.15, 0.2) is 0 Å². The lowest BCUT2D eigenvalue weighted by molar-refractivity contribution is -0.193. The van der Waals surface area contributed by atoms with E-state index in [0.717, 1.165) is 19.0 Å². The number of carbonyl (C=O) groups is 2. The van der Waals surface area contributed by atoms with Crippen molar-refractivity contribution in [1.29, 1.82) is 0 Å². The van der Waals surface area contributed by atoms with Crippen LogP contribution in [-0.2, 0) is 29.1 Å². The number of aromatic amines is 1. The van der Waals surface area contributed by atoms with E-state index >= 15 is 0 Å². The fourth-order valence-corrected chi connectivity index (χ4v) is 2.81. The van der Waals surface area contributed by atoms with Crippen molar-refractivity contribution in [2.24, 2.45) is 5.92 Å². The molecule has 1 aromatic heterocycles. The number of hydrogen-bond donors (Lipinski definition) is 3. The Hall–Kier alpha value is -2.35. The molecule has 0 unspecified atom stereocenters. The van der Waals surface area contributed by atoms with Gasteiger partial charge in [-0.3, -0.25) is 14.9 Å². The van der Waals surface area contributed by atoms with Crippen LogP contribution in [0.4, 0.5) is 26.3 Å². The number of aromatic nitrogens is 2. The largest absolute Gasteiger partial charge is 0.490 e. The van der Waals surface area contributed by atoms with E-state index in [2.05, 4.69) is 40.9 Å². The summed E-state index contributed by atoms with van der Waals surface area (Å²) in [6.45, 7) is 9.00. The van der Waals surface area contributed by atoms with E-state index in [1.165, 1.54) is 49.3 Å². The molecule has 3 N–H and O–H groups in total. The summed E-state index contributed by atoms with van der Waals surface area (Å²) in [5.74, 6) is -4.53. The van der Waals surface area contributed by atoms with Crippen LogP contribution in [0.2, 0.25) is 0 Å². The number of carboxylic acid groups (broad SMARTS) is 2. The van der Waals surface area contributed by atoms with Crippen molar-refractivity contribution in [3.05, 3.63) is 17.0 Å². The van der Waals surface area contributed by atoms with Gasteiger partial charge in [-0.1, -0.05) is 0 Å². The molecule has 1 aliphatic carbocycles. The van der Waals surface area contributed by atoms with E-state index in [0.29, 0.717) is 6.04 Å². The maximum Gasteiger partial charge on any atom is 0.490 e. The van der Waals surface area contributed by atoms with Crippen molar-refractivity contribution in [2.45, 2.75) is 64.6 Å². The summed E-state index contributed by atoms with van der Waals surface area (Å²) in [7, 11) is 2.17. The summed E-state index contributed by atoms with van der Waals surface area (Å²) >= 11 is 0. The predicted octanol–water partition coefficient (Wildman–Crippen LogP) is 3.28. The molecule has 33 heavy (non-hydrogen) atoms. The number of carboxylic acids is 2. The monoisotopic (exact) mass is 490 g/mol. The van der Waals surface area contributed by atoms with Gasteiger partial charge >= 0.3 is 24.3 Å². The molecule has 0 radical (unpaired) electrons. The van der Waals surface area contributed by atoms with Gasteiger partial charge in [0, 0.05) is 37.8 Å². The number of nitrogens with one attached hydrogen (secondary N) is 1. The zero-order valence-corrected chi connectivity index (χ0v) is 18.4. The second-order valence-electron chi connectivity index (χ2n) is 8.17. The van der Waals surface area contributed by atoms with Gasteiger partial charge in [-0.2, -0.15) is 31.4 Å². The molecule has 2 heterocycles.